The van der Waals surface area contributed by atoms with Crippen LogP contribution < -0.4 is 5.73 Å². The highest BCUT2D eigenvalue weighted by Crippen LogP contribution is 2.50. The lowest BCUT2D eigenvalue weighted by atomic mass is 9.76. The Morgan fingerprint density at radius 1 is 1.28 bits per heavy atom. The molecule has 3 nitrogen and oxygen atoms in total. The summed E-state index contributed by atoms with van der Waals surface area (Å²) in [4.78, 5) is 12.6. The lowest BCUT2D eigenvalue weighted by Gasteiger charge is -2.43. The summed E-state index contributed by atoms with van der Waals surface area (Å²) in [5.74, 6) is 3.03. The number of carbonyl (C=O) groups excluding carboxylic acids is 1. The third-order valence-corrected chi connectivity index (χ3v) is 6.02. The summed E-state index contributed by atoms with van der Waals surface area (Å²) in [7, 11) is 0. The van der Waals surface area contributed by atoms with Crippen molar-refractivity contribution in [2.75, 3.05) is 24.7 Å². The number of nitrogens with two attached hydrogens (primary N) is 1. The van der Waals surface area contributed by atoms with Gasteiger partial charge in [-0.2, -0.15) is 11.8 Å². The number of hydrogen-bond acceptors (Lipinski definition) is 4. The van der Waals surface area contributed by atoms with Gasteiger partial charge >= 0.3 is 0 Å². The maximum absolute atomic E-state index is 12.6. The highest BCUT2D eigenvalue weighted by atomic mass is 32.2. The molecule has 0 radical (unpaired) electrons. The van der Waals surface area contributed by atoms with Gasteiger partial charge < -0.3 is 10.5 Å². The van der Waals surface area contributed by atoms with Gasteiger partial charge in [-0.3, -0.25) is 4.79 Å². The van der Waals surface area contributed by atoms with Crippen molar-refractivity contribution in [3.05, 3.63) is 0 Å². The van der Waals surface area contributed by atoms with Crippen LogP contribution in [-0.2, 0) is 9.53 Å². The molecule has 1 aliphatic carbocycles. The Morgan fingerprint density at radius 2 is 2.00 bits per heavy atom. The van der Waals surface area contributed by atoms with Crippen LogP contribution in [0, 0.1) is 11.3 Å². The number of thioether (sulfide) groups is 1. The summed E-state index contributed by atoms with van der Waals surface area (Å²) in [6, 6.07) is 0. The normalized spacial score (nSPS) is 33.3. The van der Waals surface area contributed by atoms with Crippen molar-refractivity contribution in [1.82, 2.24) is 0 Å². The van der Waals surface area contributed by atoms with E-state index >= 15 is 0 Å². The van der Waals surface area contributed by atoms with Crippen LogP contribution in [-0.4, -0.2) is 36.0 Å². The predicted octanol–water partition coefficient (Wildman–Crippen LogP) is 1.99. The van der Waals surface area contributed by atoms with Crippen LogP contribution >= 0.6 is 11.8 Å². The molecule has 1 saturated carbocycles. The summed E-state index contributed by atoms with van der Waals surface area (Å²) >= 11 is 2.01. The first-order chi connectivity index (χ1) is 8.70. The van der Waals surface area contributed by atoms with Gasteiger partial charge in [-0.1, -0.05) is 0 Å². The topological polar surface area (TPSA) is 52.3 Å². The molecule has 3 fully saturated rings. The predicted molar refractivity (Wildman–Crippen MR) is 73.7 cm³/mol. The molecule has 0 aromatic rings. The van der Waals surface area contributed by atoms with E-state index in [1.165, 1.54) is 11.5 Å². The Hall–Kier alpha value is -0.0600. The van der Waals surface area contributed by atoms with Crippen molar-refractivity contribution < 1.29 is 9.53 Å². The SMILES string of the molecule is NCC1(C(=O)C2CCOC3(CCSCC3)C2)CC1. The summed E-state index contributed by atoms with van der Waals surface area (Å²) in [5.41, 5.74) is 5.68. The van der Waals surface area contributed by atoms with E-state index in [-0.39, 0.29) is 16.9 Å². The van der Waals surface area contributed by atoms with Crippen molar-refractivity contribution in [1.29, 1.82) is 0 Å². The maximum atomic E-state index is 12.6. The second-order valence-electron chi connectivity index (χ2n) is 6.18. The summed E-state index contributed by atoms with van der Waals surface area (Å²) < 4.78 is 6.06. The van der Waals surface area contributed by atoms with E-state index in [4.69, 9.17) is 10.5 Å². The monoisotopic (exact) mass is 269 g/mol. The van der Waals surface area contributed by atoms with Crippen molar-refractivity contribution in [3.8, 4) is 0 Å². The summed E-state index contributed by atoms with van der Waals surface area (Å²) in [6.45, 7) is 1.31. The number of rotatable bonds is 3. The number of hydrogen-bond donors (Lipinski definition) is 1. The van der Waals surface area contributed by atoms with Crippen LogP contribution in [0.2, 0.25) is 0 Å². The number of ketones is 1. The van der Waals surface area contributed by atoms with Crippen LogP contribution in [0.25, 0.3) is 0 Å². The molecule has 3 aliphatic rings. The fourth-order valence-electron chi connectivity index (χ4n) is 3.48. The molecule has 0 bridgehead atoms. The fourth-order valence-corrected chi connectivity index (χ4v) is 4.72. The quantitative estimate of drug-likeness (QED) is 0.851. The zero-order chi connectivity index (χ0) is 12.6. The minimum Gasteiger partial charge on any atom is -0.375 e. The van der Waals surface area contributed by atoms with Gasteiger partial charge in [0.05, 0.1) is 5.60 Å². The minimum absolute atomic E-state index is 0.0223. The third kappa shape index (κ3) is 2.23. The molecule has 1 atom stereocenters. The summed E-state index contributed by atoms with van der Waals surface area (Å²) in [5, 5.41) is 0. The average Bonchev–Trinajstić information content (AvgIpc) is 3.20. The molecule has 2 saturated heterocycles. The first-order valence-electron chi connectivity index (χ1n) is 7.16. The van der Waals surface area contributed by atoms with E-state index in [1.807, 2.05) is 11.8 Å². The lowest BCUT2D eigenvalue weighted by Crippen LogP contribution is -2.46. The minimum atomic E-state index is -0.132. The van der Waals surface area contributed by atoms with E-state index in [2.05, 4.69) is 0 Å². The van der Waals surface area contributed by atoms with Gasteiger partial charge in [0.1, 0.15) is 5.78 Å². The van der Waals surface area contributed by atoms with Gasteiger partial charge in [0, 0.05) is 24.5 Å². The highest BCUT2D eigenvalue weighted by molar-refractivity contribution is 7.99. The number of ether oxygens (including phenoxy) is 1. The molecule has 1 unspecified atom stereocenters. The van der Waals surface area contributed by atoms with Gasteiger partial charge in [-0.25, -0.2) is 0 Å². The number of carbonyl (C=O) groups is 1. The maximum Gasteiger partial charge on any atom is 0.143 e. The molecule has 2 aliphatic heterocycles. The van der Waals surface area contributed by atoms with Crippen LogP contribution in [0.4, 0.5) is 0 Å². The molecule has 2 heterocycles. The van der Waals surface area contributed by atoms with Crippen LogP contribution in [0.15, 0.2) is 0 Å². The first-order valence-corrected chi connectivity index (χ1v) is 8.31. The Balaban J connectivity index is 1.68. The third-order valence-electron chi connectivity index (χ3n) is 5.03. The van der Waals surface area contributed by atoms with Crippen LogP contribution in [0.5, 0.6) is 0 Å². The van der Waals surface area contributed by atoms with Gasteiger partial charge in [-0.15, -0.1) is 0 Å². The van der Waals surface area contributed by atoms with Crippen LogP contribution in [0.3, 0.4) is 0 Å². The lowest BCUT2D eigenvalue weighted by molar-refractivity contribution is -0.142. The second kappa shape index (κ2) is 4.80. The van der Waals surface area contributed by atoms with E-state index < -0.39 is 0 Å². The van der Waals surface area contributed by atoms with Gasteiger partial charge in [0.2, 0.25) is 0 Å². The molecule has 0 aromatic carbocycles. The van der Waals surface area contributed by atoms with E-state index in [1.54, 1.807) is 0 Å². The molecule has 2 N–H and O–H groups in total. The number of Topliss-reactive ketones (excluding diaryl/α,β-unsaturated/α-hetero) is 1. The van der Waals surface area contributed by atoms with Crippen molar-refractivity contribution >= 4 is 17.5 Å². The van der Waals surface area contributed by atoms with Gasteiger partial charge in [0.15, 0.2) is 0 Å². The van der Waals surface area contributed by atoms with Crippen molar-refractivity contribution in [3.63, 3.8) is 0 Å². The molecule has 18 heavy (non-hydrogen) atoms. The van der Waals surface area contributed by atoms with Gasteiger partial charge in [-0.05, 0) is 50.0 Å². The molecule has 3 rings (SSSR count). The molecular weight excluding hydrogens is 246 g/mol. The van der Waals surface area contributed by atoms with E-state index in [0.29, 0.717) is 12.3 Å². The zero-order valence-corrected chi connectivity index (χ0v) is 11.8. The molecular formula is C14H23NO2S. The smallest absolute Gasteiger partial charge is 0.143 e. The van der Waals surface area contributed by atoms with E-state index in [0.717, 1.165) is 45.1 Å². The Labute approximate surface area is 113 Å². The van der Waals surface area contributed by atoms with Crippen molar-refractivity contribution in [2.45, 2.75) is 44.1 Å². The Bertz CT molecular complexity index is 329. The molecule has 0 amide bonds. The largest absolute Gasteiger partial charge is 0.375 e. The Morgan fingerprint density at radius 3 is 2.61 bits per heavy atom. The average molecular weight is 269 g/mol. The van der Waals surface area contributed by atoms with Crippen LogP contribution in [0.1, 0.15) is 38.5 Å². The zero-order valence-electron chi connectivity index (χ0n) is 11.0. The second-order valence-corrected chi connectivity index (χ2v) is 7.41. The fraction of sp³-hybridized carbons (Fsp3) is 0.929. The van der Waals surface area contributed by atoms with Gasteiger partial charge in [0.25, 0.3) is 0 Å². The molecule has 4 heteroatoms. The van der Waals surface area contributed by atoms with Crippen molar-refractivity contribution in [2.24, 2.45) is 17.1 Å². The molecule has 1 spiro atoms. The molecule has 0 aromatic heterocycles. The Kier molecular flexibility index (Phi) is 3.45. The summed E-state index contributed by atoms with van der Waals surface area (Å²) in [6.07, 6.45) is 6.14. The highest BCUT2D eigenvalue weighted by Gasteiger charge is 2.52. The molecule has 102 valence electrons. The van der Waals surface area contributed by atoms with E-state index in [9.17, 15) is 4.79 Å². The standard InChI is InChI=1S/C14H23NO2S/c15-10-13(2-3-13)12(16)11-1-6-17-14(9-11)4-7-18-8-5-14/h11H,1-10,15H2. The first kappa shape index (κ1) is 12.9.